The number of benzene rings is 1. The molecule has 1 amide bonds. The van der Waals surface area contributed by atoms with E-state index in [-0.39, 0.29) is 11.3 Å². The Kier molecular flexibility index (Phi) is 4.37. The van der Waals surface area contributed by atoms with Crippen LogP contribution in [-0.4, -0.2) is 22.8 Å². The van der Waals surface area contributed by atoms with E-state index >= 15 is 0 Å². The maximum atomic E-state index is 11.8. The number of halogens is 1. The molecule has 2 unspecified atom stereocenters. The average Bonchev–Trinajstić information content (AvgIpc) is 2.92. The molecule has 0 aliphatic heterocycles. The smallest absolute Gasteiger partial charge is 0.412 e. The van der Waals surface area contributed by atoms with Gasteiger partial charge in [0, 0.05) is 5.92 Å². The van der Waals surface area contributed by atoms with Gasteiger partial charge in [-0.15, -0.1) is 0 Å². The highest BCUT2D eigenvalue weighted by Crippen LogP contribution is 2.64. The molecule has 1 aliphatic carbocycles. The van der Waals surface area contributed by atoms with Crippen molar-refractivity contribution in [2.24, 2.45) is 11.3 Å². The fraction of sp³-hybridized carbons (Fsp3) is 0.529. The molecule has 0 bridgehead atoms. The van der Waals surface area contributed by atoms with Gasteiger partial charge >= 0.3 is 12.1 Å². The number of anilines is 1. The molecule has 0 aromatic heterocycles. The van der Waals surface area contributed by atoms with Crippen LogP contribution in [0.3, 0.4) is 0 Å². The fourth-order valence-electron chi connectivity index (χ4n) is 2.96. The second kappa shape index (κ2) is 5.71. The quantitative estimate of drug-likeness (QED) is 0.849. The molecule has 2 atom stereocenters. The summed E-state index contributed by atoms with van der Waals surface area (Å²) in [6, 6.07) is 5.19. The predicted molar refractivity (Wildman–Crippen MR) is 89.0 cm³/mol. The summed E-state index contributed by atoms with van der Waals surface area (Å²) in [5.74, 6) is -1.29. The highest BCUT2D eigenvalue weighted by molar-refractivity contribution is 6.33. The largest absolute Gasteiger partial charge is 0.481 e. The third-order valence-corrected chi connectivity index (χ3v) is 4.39. The van der Waals surface area contributed by atoms with Gasteiger partial charge in [-0.1, -0.05) is 31.5 Å². The number of carboxylic acids is 1. The van der Waals surface area contributed by atoms with E-state index in [1.54, 1.807) is 39.0 Å². The normalized spacial score (nSPS) is 22.3. The number of nitrogens with one attached hydrogen (secondary N) is 1. The lowest BCUT2D eigenvalue weighted by Crippen LogP contribution is -2.27. The first-order valence-corrected chi connectivity index (χ1v) is 7.83. The van der Waals surface area contributed by atoms with Crippen molar-refractivity contribution in [1.82, 2.24) is 0 Å². The molecule has 0 heterocycles. The van der Waals surface area contributed by atoms with E-state index in [2.05, 4.69) is 5.32 Å². The van der Waals surface area contributed by atoms with Gasteiger partial charge < -0.3 is 9.84 Å². The number of rotatable bonds is 3. The molecule has 1 aromatic carbocycles. The highest BCUT2D eigenvalue weighted by atomic mass is 35.5. The van der Waals surface area contributed by atoms with E-state index in [0.717, 1.165) is 5.56 Å². The number of ether oxygens (including phenoxy) is 1. The molecule has 0 spiro atoms. The molecular formula is C17H22ClNO4. The molecule has 0 radical (unpaired) electrons. The maximum absolute atomic E-state index is 11.8. The Bertz CT molecular complexity index is 648. The van der Waals surface area contributed by atoms with Crippen molar-refractivity contribution in [1.29, 1.82) is 0 Å². The molecule has 126 valence electrons. The van der Waals surface area contributed by atoms with Crippen LogP contribution in [0.25, 0.3) is 0 Å². The van der Waals surface area contributed by atoms with Crippen LogP contribution in [0.1, 0.15) is 46.1 Å². The molecule has 6 heteroatoms. The first kappa shape index (κ1) is 17.6. The van der Waals surface area contributed by atoms with Gasteiger partial charge in [-0.3, -0.25) is 10.1 Å². The summed E-state index contributed by atoms with van der Waals surface area (Å²) >= 11 is 6.22. The van der Waals surface area contributed by atoms with Crippen molar-refractivity contribution in [3.8, 4) is 0 Å². The summed E-state index contributed by atoms with van der Waals surface area (Å²) < 4.78 is 5.18. The minimum atomic E-state index is -0.799. The summed E-state index contributed by atoms with van der Waals surface area (Å²) in [5, 5.41) is 12.2. The number of carbonyl (C=O) groups excluding carboxylic acids is 1. The first-order valence-electron chi connectivity index (χ1n) is 7.46. The molecule has 2 N–H and O–H groups in total. The molecule has 23 heavy (non-hydrogen) atoms. The second-order valence-corrected chi connectivity index (χ2v) is 7.89. The lowest BCUT2D eigenvalue weighted by Gasteiger charge is -2.20. The SMILES string of the molecule is CC(C)(C)OC(=O)Nc1ccc(C2C(C(=O)O)C2(C)C)cc1Cl. The van der Waals surface area contributed by atoms with Crippen LogP contribution >= 0.6 is 11.6 Å². The molecule has 0 saturated heterocycles. The van der Waals surface area contributed by atoms with Gasteiger partial charge in [0.1, 0.15) is 5.60 Å². The Morgan fingerprint density at radius 3 is 2.35 bits per heavy atom. The Balaban J connectivity index is 2.14. The monoisotopic (exact) mass is 339 g/mol. The van der Waals surface area contributed by atoms with Gasteiger partial charge in [-0.25, -0.2) is 4.79 Å². The van der Waals surface area contributed by atoms with E-state index in [1.165, 1.54) is 0 Å². The number of hydrogen-bond donors (Lipinski definition) is 2. The van der Waals surface area contributed by atoms with Gasteiger partial charge in [-0.05, 0) is 43.9 Å². The summed E-state index contributed by atoms with van der Waals surface area (Å²) in [6.07, 6.45) is -0.581. The molecule has 5 nitrogen and oxygen atoms in total. The maximum Gasteiger partial charge on any atom is 0.412 e. The van der Waals surface area contributed by atoms with Crippen molar-refractivity contribution >= 4 is 29.4 Å². The molecular weight excluding hydrogens is 318 g/mol. The highest BCUT2D eigenvalue weighted by Gasteiger charge is 2.62. The van der Waals surface area contributed by atoms with E-state index in [1.807, 2.05) is 13.8 Å². The second-order valence-electron chi connectivity index (χ2n) is 7.48. The van der Waals surface area contributed by atoms with Crippen LogP contribution in [0.2, 0.25) is 5.02 Å². The summed E-state index contributed by atoms with van der Waals surface area (Å²) in [7, 11) is 0. The zero-order chi connectivity index (χ0) is 17.6. The van der Waals surface area contributed by atoms with Crippen LogP contribution in [0, 0.1) is 11.3 Å². The minimum absolute atomic E-state index is 0.0759. The van der Waals surface area contributed by atoms with Gasteiger partial charge in [0.25, 0.3) is 0 Å². The Morgan fingerprint density at radius 1 is 1.30 bits per heavy atom. The van der Waals surface area contributed by atoms with Crippen molar-refractivity contribution in [2.45, 2.75) is 46.1 Å². The van der Waals surface area contributed by atoms with Crippen molar-refractivity contribution in [2.75, 3.05) is 5.32 Å². The van der Waals surface area contributed by atoms with E-state index in [9.17, 15) is 14.7 Å². The number of carboxylic acid groups (broad SMARTS) is 1. The van der Waals surface area contributed by atoms with E-state index < -0.39 is 23.6 Å². The zero-order valence-corrected chi connectivity index (χ0v) is 14.7. The third kappa shape index (κ3) is 3.78. The van der Waals surface area contributed by atoms with Crippen LogP contribution in [0.4, 0.5) is 10.5 Å². The Morgan fingerprint density at radius 2 is 1.91 bits per heavy atom. The minimum Gasteiger partial charge on any atom is -0.481 e. The van der Waals surface area contributed by atoms with Crippen LogP contribution in [-0.2, 0) is 9.53 Å². The number of aliphatic carboxylic acids is 1. The van der Waals surface area contributed by atoms with Crippen LogP contribution in [0.5, 0.6) is 0 Å². The van der Waals surface area contributed by atoms with E-state index in [0.29, 0.717) is 10.7 Å². The number of amides is 1. The third-order valence-electron chi connectivity index (χ3n) is 4.08. The number of carbonyl (C=O) groups is 2. The van der Waals surface area contributed by atoms with Gasteiger partial charge in [0.15, 0.2) is 0 Å². The molecule has 1 aliphatic rings. The first-order chi connectivity index (χ1) is 10.4. The lowest BCUT2D eigenvalue weighted by molar-refractivity contribution is -0.139. The summed E-state index contributed by atoms with van der Waals surface area (Å²) in [4.78, 5) is 23.1. The molecule has 1 fully saturated rings. The molecule has 1 aromatic rings. The lowest BCUT2D eigenvalue weighted by atomic mass is 10.0. The average molecular weight is 340 g/mol. The number of hydrogen-bond acceptors (Lipinski definition) is 3. The fourth-order valence-corrected chi connectivity index (χ4v) is 3.20. The van der Waals surface area contributed by atoms with Crippen molar-refractivity contribution in [3.05, 3.63) is 28.8 Å². The summed E-state index contributed by atoms with van der Waals surface area (Å²) in [5.41, 5.74) is 0.413. The standard InChI is InChI=1S/C17H22ClNO4/c1-16(2,3)23-15(22)19-11-7-6-9(8-10(11)18)12-13(14(20)21)17(12,4)5/h6-8,12-13H,1-5H3,(H,19,22)(H,20,21). The van der Waals surface area contributed by atoms with Crippen LogP contribution < -0.4 is 5.32 Å². The van der Waals surface area contributed by atoms with Gasteiger partial charge in [-0.2, -0.15) is 0 Å². The summed E-state index contributed by atoms with van der Waals surface area (Å²) in [6.45, 7) is 9.18. The Labute approximate surface area is 141 Å². The van der Waals surface area contributed by atoms with E-state index in [4.69, 9.17) is 16.3 Å². The zero-order valence-electron chi connectivity index (χ0n) is 13.9. The topological polar surface area (TPSA) is 75.6 Å². The molecule has 1 saturated carbocycles. The van der Waals surface area contributed by atoms with Crippen LogP contribution in [0.15, 0.2) is 18.2 Å². The van der Waals surface area contributed by atoms with Gasteiger partial charge in [0.05, 0.1) is 16.6 Å². The van der Waals surface area contributed by atoms with Crippen molar-refractivity contribution in [3.63, 3.8) is 0 Å². The van der Waals surface area contributed by atoms with Crippen molar-refractivity contribution < 1.29 is 19.4 Å². The Hall–Kier alpha value is -1.75. The van der Waals surface area contributed by atoms with Gasteiger partial charge in [0.2, 0.25) is 0 Å². The molecule has 2 rings (SSSR count). The predicted octanol–water partition coefficient (Wildman–Crippen LogP) is 4.51.